The van der Waals surface area contributed by atoms with E-state index in [2.05, 4.69) is 10.1 Å². The van der Waals surface area contributed by atoms with Crippen LogP contribution in [0.5, 0.6) is 5.75 Å². The number of methoxy groups -OCH3 is 1. The second-order valence-corrected chi connectivity index (χ2v) is 4.97. The maximum Gasteiger partial charge on any atom is 0.317 e. The van der Waals surface area contributed by atoms with Crippen molar-refractivity contribution >= 4 is 12.0 Å². The van der Waals surface area contributed by atoms with Crippen LogP contribution in [0, 0.1) is 5.82 Å². The summed E-state index contributed by atoms with van der Waals surface area (Å²) in [5.41, 5.74) is 0. The number of carbonyl (C=O) groups excluding carboxylic acids is 2. The number of benzene rings is 1. The Morgan fingerprint density at radius 2 is 2.00 bits per heavy atom. The quantitative estimate of drug-likeness (QED) is 0.558. The number of unbranched alkanes of at least 4 members (excludes halogenated alkanes) is 1. The molecule has 7 heteroatoms. The Morgan fingerprint density at radius 3 is 2.70 bits per heavy atom. The van der Waals surface area contributed by atoms with Gasteiger partial charge >= 0.3 is 12.0 Å². The summed E-state index contributed by atoms with van der Waals surface area (Å²) in [6, 6.07) is 5.89. The molecule has 23 heavy (non-hydrogen) atoms. The van der Waals surface area contributed by atoms with E-state index in [0.717, 1.165) is 0 Å². The van der Waals surface area contributed by atoms with Crippen molar-refractivity contribution in [1.29, 1.82) is 0 Å². The number of para-hydroxylation sites is 1. The molecular weight excluding hydrogens is 303 g/mol. The van der Waals surface area contributed by atoms with Crippen LogP contribution in [0.1, 0.15) is 19.3 Å². The number of hydrogen-bond acceptors (Lipinski definition) is 4. The minimum Gasteiger partial charge on any atom is -0.489 e. The summed E-state index contributed by atoms with van der Waals surface area (Å²) in [5.74, 6) is -0.506. The van der Waals surface area contributed by atoms with Crippen molar-refractivity contribution in [2.45, 2.75) is 19.3 Å². The highest BCUT2D eigenvalue weighted by Gasteiger charge is 2.08. The van der Waals surface area contributed by atoms with E-state index in [1.54, 1.807) is 19.2 Å². The maximum absolute atomic E-state index is 13.3. The van der Waals surface area contributed by atoms with Crippen LogP contribution in [0.15, 0.2) is 24.3 Å². The predicted molar refractivity (Wildman–Crippen MR) is 83.8 cm³/mol. The van der Waals surface area contributed by atoms with Gasteiger partial charge in [0.25, 0.3) is 0 Å². The molecule has 2 amide bonds. The fraction of sp³-hybridized carbons (Fsp3) is 0.500. The molecule has 0 aromatic heterocycles. The van der Waals surface area contributed by atoms with Gasteiger partial charge in [-0.1, -0.05) is 12.1 Å². The van der Waals surface area contributed by atoms with Gasteiger partial charge in [-0.05, 0) is 25.0 Å². The molecule has 0 radical (unpaired) electrons. The minimum atomic E-state index is -0.426. The van der Waals surface area contributed by atoms with Crippen LogP contribution in [-0.4, -0.2) is 50.8 Å². The SMILES string of the molecule is COC(=O)CCCCNC(=O)N(C)CCOc1ccccc1F. The molecule has 1 rings (SSSR count). The highest BCUT2D eigenvalue weighted by molar-refractivity contribution is 5.73. The van der Waals surface area contributed by atoms with Crippen LogP contribution in [0.25, 0.3) is 0 Å². The monoisotopic (exact) mass is 326 g/mol. The third-order valence-electron chi connectivity index (χ3n) is 3.18. The standard InChI is InChI=1S/C16H23FN2O4/c1-19(11-12-23-14-8-4-3-7-13(14)17)16(21)18-10-6-5-9-15(20)22-2/h3-4,7-8H,5-6,9-12H2,1-2H3,(H,18,21). The van der Waals surface area contributed by atoms with E-state index in [9.17, 15) is 14.0 Å². The fourth-order valence-corrected chi connectivity index (χ4v) is 1.78. The third-order valence-corrected chi connectivity index (χ3v) is 3.18. The number of nitrogens with zero attached hydrogens (tertiary/aromatic N) is 1. The van der Waals surface area contributed by atoms with Crippen molar-refractivity contribution < 1.29 is 23.5 Å². The Hall–Kier alpha value is -2.31. The zero-order valence-corrected chi connectivity index (χ0v) is 13.5. The number of esters is 1. The van der Waals surface area contributed by atoms with E-state index in [0.29, 0.717) is 32.4 Å². The molecule has 0 aliphatic heterocycles. The Labute approximate surface area is 135 Å². The summed E-state index contributed by atoms with van der Waals surface area (Å²) in [7, 11) is 2.98. The van der Waals surface area contributed by atoms with Crippen molar-refractivity contribution in [3.63, 3.8) is 0 Å². The summed E-state index contributed by atoms with van der Waals surface area (Å²) in [4.78, 5) is 24.2. The zero-order chi connectivity index (χ0) is 17.1. The first-order chi connectivity index (χ1) is 11.0. The van der Waals surface area contributed by atoms with Crippen LogP contribution in [0.3, 0.4) is 0 Å². The Morgan fingerprint density at radius 1 is 1.26 bits per heavy atom. The number of urea groups is 1. The van der Waals surface area contributed by atoms with E-state index < -0.39 is 5.82 Å². The van der Waals surface area contributed by atoms with Gasteiger partial charge in [0.2, 0.25) is 0 Å². The van der Waals surface area contributed by atoms with Crippen molar-refractivity contribution in [3.8, 4) is 5.75 Å². The van der Waals surface area contributed by atoms with Gasteiger partial charge in [-0.3, -0.25) is 4.79 Å². The molecule has 128 valence electrons. The zero-order valence-electron chi connectivity index (χ0n) is 13.5. The molecule has 1 aromatic carbocycles. The average molecular weight is 326 g/mol. The van der Waals surface area contributed by atoms with Gasteiger partial charge in [0, 0.05) is 20.0 Å². The van der Waals surface area contributed by atoms with Gasteiger partial charge in [0.05, 0.1) is 13.7 Å². The van der Waals surface area contributed by atoms with Gasteiger partial charge in [-0.15, -0.1) is 0 Å². The number of nitrogens with one attached hydrogen (secondary N) is 1. The Balaban J connectivity index is 2.14. The van der Waals surface area contributed by atoms with E-state index in [1.807, 2.05) is 0 Å². The van der Waals surface area contributed by atoms with Crippen molar-refractivity contribution in [3.05, 3.63) is 30.1 Å². The summed E-state index contributed by atoms with van der Waals surface area (Å²) in [6.45, 7) is 1.02. The van der Waals surface area contributed by atoms with Gasteiger partial charge in [0.1, 0.15) is 6.61 Å². The number of hydrogen-bond donors (Lipinski definition) is 1. The number of rotatable bonds is 9. The van der Waals surface area contributed by atoms with Crippen molar-refractivity contribution in [1.82, 2.24) is 10.2 Å². The largest absolute Gasteiger partial charge is 0.489 e. The average Bonchev–Trinajstić information content (AvgIpc) is 2.55. The van der Waals surface area contributed by atoms with Crippen LogP contribution >= 0.6 is 0 Å². The molecule has 0 saturated heterocycles. The molecule has 0 heterocycles. The maximum atomic E-state index is 13.3. The molecule has 0 aliphatic rings. The minimum absolute atomic E-state index is 0.170. The number of halogens is 1. The molecule has 0 fully saturated rings. The molecular formula is C16H23FN2O4. The summed E-state index contributed by atoms with van der Waals surface area (Å²) in [6.07, 6.45) is 1.70. The highest BCUT2D eigenvalue weighted by Crippen LogP contribution is 2.14. The molecule has 1 N–H and O–H groups in total. The second kappa shape index (κ2) is 10.4. The topological polar surface area (TPSA) is 67.9 Å². The molecule has 0 atom stereocenters. The lowest BCUT2D eigenvalue weighted by Gasteiger charge is -2.18. The van der Waals surface area contributed by atoms with Gasteiger partial charge in [-0.2, -0.15) is 0 Å². The molecule has 0 aliphatic carbocycles. The van der Waals surface area contributed by atoms with Crippen LogP contribution < -0.4 is 10.1 Å². The Bertz CT molecular complexity index is 511. The lowest BCUT2D eigenvalue weighted by Crippen LogP contribution is -2.39. The first kappa shape index (κ1) is 18.7. The number of carbonyl (C=O) groups is 2. The van der Waals surface area contributed by atoms with Crippen molar-refractivity contribution in [2.75, 3.05) is 33.9 Å². The smallest absolute Gasteiger partial charge is 0.317 e. The van der Waals surface area contributed by atoms with E-state index >= 15 is 0 Å². The lowest BCUT2D eigenvalue weighted by atomic mass is 10.2. The second-order valence-electron chi connectivity index (χ2n) is 4.97. The molecule has 0 unspecified atom stereocenters. The van der Waals surface area contributed by atoms with Gasteiger partial charge in [-0.25, -0.2) is 9.18 Å². The fourth-order valence-electron chi connectivity index (χ4n) is 1.78. The van der Waals surface area contributed by atoms with E-state index in [1.165, 1.54) is 24.1 Å². The number of ether oxygens (including phenoxy) is 2. The number of likely N-dealkylation sites (N-methyl/N-ethyl adjacent to an activating group) is 1. The summed E-state index contributed by atoms with van der Waals surface area (Å²) in [5, 5.41) is 2.74. The first-order valence-electron chi connectivity index (χ1n) is 7.47. The number of amides is 2. The molecule has 1 aromatic rings. The van der Waals surface area contributed by atoms with Gasteiger partial charge in [0.15, 0.2) is 11.6 Å². The summed E-state index contributed by atoms with van der Waals surface area (Å²) < 4.78 is 23.2. The molecule has 0 bridgehead atoms. The molecule has 0 spiro atoms. The van der Waals surface area contributed by atoms with Crippen LogP contribution in [0.4, 0.5) is 9.18 Å². The van der Waals surface area contributed by atoms with Gasteiger partial charge < -0.3 is 19.7 Å². The van der Waals surface area contributed by atoms with E-state index in [-0.39, 0.29) is 24.4 Å². The Kier molecular flexibility index (Phi) is 8.49. The van der Waals surface area contributed by atoms with E-state index in [4.69, 9.17) is 4.74 Å². The third kappa shape index (κ3) is 7.49. The van der Waals surface area contributed by atoms with Crippen LogP contribution in [0.2, 0.25) is 0 Å². The normalized spacial score (nSPS) is 10.0. The molecule has 0 saturated carbocycles. The lowest BCUT2D eigenvalue weighted by molar-refractivity contribution is -0.140. The first-order valence-corrected chi connectivity index (χ1v) is 7.47. The summed E-state index contributed by atoms with van der Waals surface area (Å²) >= 11 is 0. The predicted octanol–water partition coefficient (Wildman–Crippen LogP) is 2.19. The molecule has 6 nitrogen and oxygen atoms in total. The van der Waals surface area contributed by atoms with Crippen molar-refractivity contribution in [2.24, 2.45) is 0 Å². The highest BCUT2D eigenvalue weighted by atomic mass is 19.1. The van der Waals surface area contributed by atoms with Crippen LogP contribution in [-0.2, 0) is 9.53 Å².